The van der Waals surface area contributed by atoms with Gasteiger partial charge in [0, 0.05) is 25.8 Å². The van der Waals surface area contributed by atoms with Gasteiger partial charge in [0.15, 0.2) is 0 Å². The smallest absolute Gasteiger partial charge is 0.0686 e. The van der Waals surface area contributed by atoms with Crippen molar-refractivity contribution in [1.82, 2.24) is 0 Å². The van der Waals surface area contributed by atoms with E-state index in [0.29, 0.717) is 13.1 Å². The maximum absolute atomic E-state index is 9.22. The minimum Gasteiger partial charge on any atom is -0.392 e. The topological polar surface area (TPSA) is 49.5 Å². The molecule has 1 aromatic rings. The fourth-order valence-corrected chi connectivity index (χ4v) is 1.39. The molecule has 3 nitrogen and oxygen atoms in total. The van der Waals surface area contributed by atoms with Crippen molar-refractivity contribution >= 4 is 5.69 Å². The lowest BCUT2D eigenvalue weighted by Crippen LogP contribution is -2.26. The van der Waals surface area contributed by atoms with Crippen LogP contribution in [0.4, 0.5) is 5.69 Å². The highest BCUT2D eigenvalue weighted by atomic mass is 16.3. The van der Waals surface area contributed by atoms with E-state index in [0.717, 1.165) is 11.3 Å². The van der Waals surface area contributed by atoms with Gasteiger partial charge >= 0.3 is 0 Å². The van der Waals surface area contributed by atoms with E-state index in [1.54, 1.807) is 6.92 Å². The van der Waals surface area contributed by atoms with Crippen LogP contribution >= 0.6 is 0 Å². The zero-order valence-corrected chi connectivity index (χ0v) is 8.77. The SMILES string of the molecule is CC(O)CN(C)c1ccc(CN)cc1. The monoisotopic (exact) mass is 194 g/mol. The summed E-state index contributed by atoms with van der Waals surface area (Å²) in [6, 6.07) is 8.05. The highest BCUT2D eigenvalue weighted by Gasteiger charge is 2.03. The van der Waals surface area contributed by atoms with E-state index in [-0.39, 0.29) is 6.10 Å². The lowest BCUT2D eigenvalue weighted by atomic mass is 10.2. The maximum atomic E-state index is 9.22. The number of likely N-dealkylation sites (N-methyl/N-ethyl adjacent to an activating group) is 1. The molecular weight excluding hydrogens is 176 g/mol. The Morgan fingerprint density at radius 3 is 2.36 bits per heavy atom. The molecular formula is C11H18N2O. The maximum Gasteiger partial charge on any atom is 0.0686 e. The number of hydrogen-bond acceptors (Lipinski definition) is 3. The molecule has 1 rings (SSSR count). The lowest BCUT2D eigenvalue weighted by Gasteiger charge is -2.20. The predicted molar refractivity (Wildman–Crippen MR) is 59.3 cm³/mol. The third-order valence-corrected chi connectivity index (χ3v) is 2.15. The number of nitrogens with two attached hydrogens (primary N) is 1. The molecule has 1 unspecified atom stereocenters. The van der Waals surface area contributed by atoms with Crippen LogP contribution in [0, 0.1) is 0 Å². The molecule has 14 heavy (non-hydrogen) atoms. The zero-order chi connectivity index (χ0) is 10.6. The van der Waals surface area contributed by atoms with Crippen LogP contribution in [0.1, 0.15) is 12.5 Å². The summed E-state index contributed by atoms with van der Waals surface area (Å²) in [7, 11) is 1.96. The van der Waals surface area contributed by atoms with E-state index in [1.807, 2.05) is 36.2 Å². The van der Waals surface area contributed by atoms with Crippen LogP contribution in [-0.2, 0) is 6.54 Å². The number of aliphatic hydroxyl groups excluding tert-OH is 1. The number of benzene rings is 1. The molecule has 0 fully saturated rings. The molecule has 3 N–H and O–H groups in total. The van der Waals surface area contributed by atoms with Crippen LogP contribution in [0.15, 0.2) is 24.3 Å². The molecule has 1 aromatic carbocycles. The largest absolute Gasteiger partial charge is 0.392 e. The van der Waals surface area contributed by atoms with Crippen LogP contribution in [-0.4, -0.2) is 24.8 Å². The average molecular weight is 194 g/mol. The Balaban J connectivity index is 2.66. The Kier molecular flexibility index (Phi) is 3.92. The lowest BCUT2D eigenvalue weighted by molar-refractivity contribution is 0.201. The van der Waals surface area contributed by atoms with E-state index in [9.17, 15) is 5.11 Å². The number of aliphatic hydroxyl groups is 1. The molecule has 0 radical (unpaired) electrons. The van der Waals surface area contributed by atoms with Crippen molar-refractivity contribution in [2.24, 2.45) is 5.73 Å². The summed E-state index contributed by atoms with van der Waals surface area (Å²) in [5, 5.41) is 9.22. The second-order valence-corrected chi connectivity index (χ2v) is 3.60. The van der Waals surface area contributed by atoms with Crippen molar-refractivity contribution in [3.05, 3.63) is 29.8 Å². The first-order valence-electron chi connectivity index (χ1n) is 4.81. The molecule has 0 aliphatic carbocycles. The van der Waals surface area contributed by atoms with Gasteiger partial charge in [-0.05, 0) is 24.6 Å². The fraction of sp³-hybridized carbons (Fsp3) is 0.455. The van der Waals surface area contributed by atoms with Gasteiger partial charge in [-0.25, -0.2) is 0 Å². The summed E-state index contributed by atoms with van der Waals surface area (Å²) in [5.74, 6) is 0. The molecule has 0 heterocycles. The second-order valence-electron chi connectivity index (χ2n) is 3.60. The van der Waals surface area contributed by atoms with Gasteiger partial charge in [0.05, 0.1) is 6.10 Å². The van der Waals surface area contributed by atoms with Crippen molar-refractivity contribution in [3.63, 3.8) is 0 Å². The molecule has 0 aliphatic rings. The first kappa shape index (κ1) is 11.0. The van der Waals surface area contributed by atoms with Crippen LogP contribution in [0.3, 0.4) is 0 Å². The molecule has 0 saturated carbocycles. The predicted octanol–water partition coefficient (Wildman–Crippen LogP) is 0.962. The van der Waals surface area contributed by atoms with Gasteiger partial charge < -0.3 is 15.7 Å². The Labute approximate surface area is 85.2 Å². The number of hydrogen-bond donors (Lipinski definition) is 2. The van der Waals surface area contributed by atoms with Crippen molar-refractivity contribution in [2.45, 2.75) is 19.6 Å². The molecule has 0 aliphatic heterocycles. The Bertz CT molecular complexity index is 269. The summed E-state index contributed by atoms with van der Waals surface area (Å²) < 4.78 is 0. The first-order chi connectivity index (χ1) is 6.63. The molecule has 0 aromatic heterocycles. The van der Waals surface area contributed by atoms with Gasteiger partial charge in [-0.15, -0.1) is 0 Å². The highest BCUT2D eigenvalue weighted by molar-refractivity contribution is 5.46. The van der Waals surface area contributed by atoms with E-state index in [1.165, 1.54) is 0 Å². The highest BCUT2D eigenvalue weighted by Crippen LogP contribution is 2.13. The molecule has 3 heteroatoms. The van der Waals surface area contributed by atoms with Crippen molar-refractivity contribution < 1.29 is 5.11 Å². The van der Waals surface area contributed by atoms with Gasteiger partial charge in [-0.3, -0.25) is 0 Å². The minimum atomic E-state index is -0.311. The zero-order valence-electron chi connectivity index (χ0n) is 8.77. The average Bonchev–Trinajstić information content (AvgIpc) is 2.17. The summed E-state index contributed by atoms with van der Waals surface area (Å²) in [4.78, 5) is 2.02. The quantitative estimate of drug-likeness (QED) is 0.750. The minimum absolute atomic E-state index is 0.311. The normalized spacial score (nSPS) is 12.6. The van der Waals surface area contributed by atoms with Crippen molar-refractivity contribution in [2.75, 3.05) is 18.5 Å². The van der Waals surface area contributed by atoms with Crippen LogP contribution in [0.2, 0.25) is 0 Å². The summed E-state index contributed by atoms with van der Waals surface area (Å²) in [6.45, 7) is 2.99. The number of anilines is 1. The standard InChI is InChI=1S/C11H18N2O/c1-9(14)8-13(2)11-5-3-10(7-12)4-6-11/h3-6,9,14H,7-8,12H2,1-2H3. The summed E-state index contributed by atoms with van der Waals surface area (Å²) in [5.41, 5.74) is 7.73. The van der Waals surface area contributed by atoms with Crippen LogP contribution in [0.5, 0.6) is 0 Å². The van der Waals surface area contributed by atoms with Crippen LogP contribution in [0.25, 0.3) is 0 Å². The van der Waals surface area contributed by atoms with Gasteiger partial charge in [-0.2, -0.15) is 0 Å². The molecule has 0 spiro atoms. The molecule has 1 atom stereocenters. The van der Waals surface area contributed by atoms with Gasteiger partial charge in [0.2, 0.25) is 0 Å². The molecule has 0 bridgehead atoms. The van der Waals surface area contributed by atoms with Crippen molar-refractivity contribution in [3.8, 4) is 0 Å². The van der Waals surface area contributed by atoms with Gasteiger partial charge in [-0.1, -0.05) is 12.1 Å². The number of nitrogens with zero attached hydrogens (tertiary/aromatic N) is 1. The Hall–Kier alpha value is -1.06. The van der Waals surface area contributed by atoms with Gasteiger partial charge in [0.25, 0.3) is 0 Å². The Morgan fingerprint density at radius 1 is 1.36 bits per heavy atom. The Morgan fingerprint density at radius 2 is 1.93 bits per heavy atom. The molecule has 0 amide bonds. The van der Waals surface area contributed by atoms with E-state index < -0.39 is 0 Å². The first-order valence-corrected chi connectivity index (χ1v) is 4.81. The van der Waals surface area contributed by atoms with E-state index >= 15 is 0 Å². The van der Waals surface area contributed by atoms with E-state index in [4.69, 9.17) is 5.73 Å². The van der Waals surface area contributed by atoms with E-state index in [2.05, 4.69) is 0 Å². The number of rotatable bonds is 4. The molecule has 78 valence electrons. The third-order valence-electron chi connectivity index (χ3n) is 2.15. The summed E-state index contributed by atoms with van der Waals surface area (Å²) >= 11 is 0. The molecule has 0 saturated heterocycles. The second kappa shape index (κ2) is 4.98. The van der Waals surface area contributed by atoms with Crippen LogP contribution < -0.4 is 10.6 Å². The third kappa shape index (κ3) is 3.01. The van der Waals surface area contributed by atoms with Crippen molar-refractivity contribution in [1.29, 1.82) is 0 Å². The summed E-state index contributed by atoms with van der Waals surface area (Å²) in [6.07, 6.45) is -0.311. The van der Waals surface area contributed by atoms with Gasteiger partial charge in [0.1, 0.15) is 0 Å². The fourth-order valence-electron chi connectivity index (χ4n) is 1.39.